The van der Waals surface area contributed by atoms with Crippen LogP contribution >= 0.6 is 0 Å². The Morgan fingerprint density at radius 2 is 2.00 bits per heavy atom. The molecule has 2 aromatic rings. The van der Waals surface area contributed by atoms with Crippen LogP contribution in [0.1, 0.15) is 16.1 Å². The van der Waals surface area contributed by atoms with Gasteiger partial charge in [0.05, 0.1) is 5.56 Å². The van der Waals surface area contributed by atoms with Crippen molar-refractivity contribution in [3.63, 3.8) is 0 Å². The Hall–Kier alpha value is -2.54. The zero-order valence-electron chi connectivity index (χ0n) is 10.2. The van der Waals surface area contributed by atoms with Gasteiger partial charge in [0.2, 0.25) is 5.95 Å². The minimum atomic E-state index is -0.417. The van der Waals surface area contributed by atoms with Gasteiger partial charge in [0.15, 0.2) is 0 Å². The zero-order valence-corrected chi connectivity index (χ0v) is 10.2. The second-order valence-electron chi connectivity index (χ2n) is 3.77. The van der Waals surface area contributed by atoms with E-state index in [1.807, 2.05) is 23.6 Å². The third kappa shape index (κ3) is 3.71. The van der Waals surface area contributed by atoms with Crippen molar-refractivity contribution in [1.29, 1.82) is 0 Å². The number of nitrogen functional groups attached to an aromatic ring is 1. The number of amides is 1. The van der Waals surface area contributed by atoms with Crippen molar-refractivity contribution in [2.45, 2.75) is 6.42 Å². The van der Waals surface area contributed by atoms with Crippen LogP contribution in [0.5, 0.6) is 0 Å². The summed E-state index contributed by atoms with van der Waals surface area (Å²) in [6.45, 7) is 0.666. The number of nitrogens with zero attached hydrogens (tertiary/aromatic N) is 3. The van der Waals surface area contributed by atoms with Gasteiger partial charge in [-0.2, -0.15) is 0 Å². The van der Waals surface area contributed by atoms with Gasteiger partial charge in [0.25, 0.3) is 5.91 Å². The lowest BCUT2D eigenvalue weighted by Crippen LogP contribution is -2.30. The summed E-state index contributed by atoms with van der Waals surface area (Å²) in [6.07, 6.45) is 5.36. The highest BCUT2D eigenvalue weighted by molar-refractivity contribution is 5.93. The van der Waals surface area contributed by atoms with Crippen LogP contribution in [0.15, 0.2) is 36.8 Å². The highest BCUT2D eigenvalue weighted by atomic mass is 16.2. The van der Waals surface area contributed by atoms with Gasteiger partial charge in [-0.05, 0) is 12.1 Å². The van der Waals surface area contributed by atoms with Gasteiger partial charge in [-0.25, -0.2) is 15.8 Å². The van der Waals surface area contributed by atoms with Crippen molar-refractivity contribution < 1.29 is 4.79 Å². The maximum Gasteiger partial charge on any atom is 0.268 e. The fourth-order valence-electron chi connectivity index (χ4n) is 1.47. The van der Waals surface area contributed by atoms with Gasteiger partial charge in [-0.1, -0.05) is 6.07 Å². The summed E-state index contributed by atoms with van der Waals surface area (Å²) in [4.78, 5) is 23.4. The maximum absolute atomic E-state index is 11.2. The number of hydrogen-bond donors (Lipinski definition) is 3. The molecule has 0 aliphatic heterocycles. The van der Waals surface area contributed by atoms with E-state index in [1.165, 1.54) is 12.4 Å². The number of hydrazine groups is 1. The Bertz CT molecular complexity index is 528. The van der Waals surface area contributed by atoms with E-state index in [4.69, 9.17) is 5.84 Å². The number of rotatable bonds is 5. The number of hydrogen-bond acceptors (Lipinski definition) is 6. The molecule has 7 heteroatoms. The topological polar surface area (TPSA) is 106 Å². The third-order valence-corrected chi connectivity index (χ3v) is 2.44. The lowest BCUT2D eigenvalue weighted by Gasteiger charge is -2.04. The second-order valence-corrected chi connectivity index (χ2v) is 3.77. The van der Waals surface area contributed by atoms with E-state index in [2.05, 4.69) is 20.3 Å². The molecule has 0 bridgehead atoms. The molecule has 0 saturated carbocycles. The number of pyridine rings is 1. The highest BCUT2D eigenvalue weighted by Gasteiger charge is 2.04. The van der Waals surface area contributed by atoms with Gasteiger partial charge in [0.1, 0.15) is 0 Å². The number of nitrogens with one attached hydrogen (secondary N) is 2. The molecular weight excluding hydrogens is 244 g/mol. The van der Waals surface area contributed by atoms with Crippen LogP contribution in [-0.4, -0.2) is 27.4 Å². The van der Waals surface area contributed by atoms with Crippen molar-refractivity contribution in [2.75, 3.05) is 11.9 Å². The molecule has 2 aromatic heterocycles. The molecule has 0 radical (unpaired) electrons. The molecule has 0 saturated heterocycles. The van der Waals surface area contributed by atoms with Crippen LogP contribution in [0.2, 0.25) is 0 Å². The fraction of sp³-hybridized carbons (Fsp3) is 0.167. The van der Waals surface area contributed by atoms with Crippen LogP contribution in [-0.2, 0) is 6.42 Å². The van der Waals surface area contributed by atoms with E-state index in [0.29, 0.717) is 18.1 Å². The Morgan fingerprint density at radius 1 is 1.21 bits per heavy atom. The van der Waals surface area contributed by atoms with Crippen molar-refractivity contribution in [1.82, 2.24) is 20.4 Å². The number of nitrogens with two attached hydrogens (primary N) is 1. The largest absolute Gasteiger partial charge is 0.354 e. The zero-order chi connectivity index (χ0) is 13.5. The second kappa shape index (κ2) is 6.41. The number of aromatic nitrogens is 3. The monoisotopic (exact) mass is 258 g/mol. The molecule has 1 amide bonds. The van der Waals surface area contributed by atoms with Gasteiger partial charge in [0, 0.05) is 37.3 Å². The molecule has 2 rings (SSSR count). The van der Waals surface area contributed by atoms with E-state index >= 15 is 0 Å². The smallest absolute Gasteiger partial charge is 0.268 e. The van der Waals surface area contributed by atoms with E-state index in [1.54, 1.807) is 6.20 Å². The highest BCUT2D eigenvalue weighted by Crippen LogP contribution is 2.01. The first-order valence-electron chi connectivity index (χ1n) is 5.76. The van der Waals surface area contributed by atoms with Crippen LogP contribution in [0.25, 0.3) is 0 Å². The summed E-state index contributed by atoms with van der Waals surface area (Å²) in [5, 5.41) is 3.05. The first-order chi connectivity index (χ1) is 9.29. The van der Waals surface area contributed by atoms with Crippen molar-refractivity contribution in [2.24, 2.45) is 5.84 Å². The maximum atomic E-state index is 11.2. The quantitative estimate of drug-likeness (QED) is 0.400. The molecule has 19 heavy (non-hydrogen) atoms. The fourth-order valence-corrected chi connectivity index (χ4v) is 1.47. The third-order valence-electron chi connectivity index (χ3n) is 2.44. The van der Waals surface area contributed by atoms with E-state index in [-0.39, 0.29) is 0 Å². The first-order valence-corrected chi connectivity index (χ1v) is 5.76. The van der Waals surface area contributed by atoms with Gasteiger partial charge >= 0.3 is 0 Å². The van der Waals surface area contributed by atoms with Crippen LogP contribution < -0.4 is 16.6 Å². The first kappa shape index (κ1) is 12.9. The predicted octanol–water partition coefficient (Wildman–Crippen LogP) is 0.130. The van der Waals surface area contributed by atoms with Crippen molar-refractivity contribution in [3.05, 3.63) is 48.0 Å². The van der Waals surface area contributed by atoms with Crippen LogP contribution in [0.4, 0.5) is 5.95 Å². The predicted molar refractivity (Wildman–Crippen MR) is 70.1 cm³/mol. The summed E-state index contributed by atoms with van der Waals surface area (Å²) >= 11 is 0. The molecule has 0 aromatic carbocycles. The average Bonchev–Trinajstić information content (AvgIpc) is 2.48. The Kier molecular flexibility index (Phi) is 4.35. The molecule has 0 spiro atoms. The van der Waals surface area contributed by atoms with E-state index < -0.39 is 5.91 Å². The normalized spacial score (nSPS) is 9.95. The van der Waals surface area contributed by atoms with Gasteiger partial charge < -0.3 is 5.32 Å². The number of carbonyl (C=O) groups is 1. The molecule has 98 valence electrons. The summed E-state index contributed by atoms with van der Waals surface area (Å²) in [6, 6.07) is 5.78. The Morgan fingerprint density at radius 3 is 2.63 bits per heavy atom. The standard InChI is InChI=1S/C12H14N6O/c13-18-11(19)9-7-16-12(17-8-9)15-6-4-10-3-1-2-5-14-10/h1-3,5,7-8H,4,6,13H2,(H,18,19)(H,15,16,17). The minimum absolute atomic E-state index is 0.317. The molecule has 0 fully saturated rings. The molecular formula is C12H14N6O. The van der Waals surface area contributed by atoms with Gasteiger partial charge in [-0.3, -0.25) is 15.2 Å². The molecule has 4 N–H and O–H groups in total. The van der Waals surface area contributed by atoms with E-state index in [9.17, 15) is 4.79 Å². The summed E-state index contributed by atoms with van der Waals surface area (Å²) < 4.78 is 0. The number of carbonyl (C=O) groups excluding carboxylic acids is 1. The lowest BCUT2D eigenvalue weighted by atomic mass is 10.3. The van der Waals surface area contributed by atoms with Crippen LogP contribution in [0.3, 0.4) is 0 Å². The Labute approximate surface area is 110 Å². The summed E-state index contributed by atoms with van der Waals surface area (Å²) in [7, 11) is 0. The molecule has 0 atom stereocenters. The lowest BCUT2D eigenvalue weighted by molar-refractivity contribution is 0.0953. The molecule has 0 unspecified atom stereocenters. The van der Waals surface area contributed by atoms with Crippen molar-refractivity contribution in [3.8, 4) is 0 Å². The molecule has 7 nitrogen and oxygen atoms in total. The molecule has 2 heterocycles. The summed E-state index contributed by atoms with van der Waals surface area (Å²) in [5.41, 5.74) is 3.33. The molecule has 0 aliphatic carbocycles. The summed E-state index contributed by atoms with van der Waals surface area (Å²) in [5.74, 6) is 5.05. The van der Waals surface area contributed by atoms with Gasteiger partial charge in [-0.15, -0.1) is 0 Å². The van der Waals surface area contributed by atoms with E-state index in [0.717, 1.165) is 12.1 Å². The molecule has 0 aliphatic rings. The Balaban J connectivity index is 1.85. The van der Waals surface area contributed by atoms with Crippen LogP contribution in [0, 0.1) is 0 Å². The van der Waals surface area contributed by atoms with Crippen molar-refractivity contribution >= 4 is 11.9 Å². The minimum Gasteiger partial charge on any atom is -0.354 e. The SMILES string of the molecule is NNC(=O)c1cnc(NCCc2ccccn2)nc1. The average molecular weight is 258 g/mol. The number of anilines is 1.